The Morgan fingerprint density at radius 2 is 1.80 bits per heavy atom. The Bertz CT molecular complexity index is 392. The Kier molecular flexibility index (Phi) is 5.62. The second kappa shape index (κ2) is 7.24. The van der Waals surface area contributed by atoms with Gasteiger partial charge in [0, 0.05) is 7.11 Å². The van der Waals surface area contributed by atoms with Gasteiger partial charge in [0.1, 0.15) is 0 Å². The number of rotatable bonds is 6. The number of methoxy groups -OCH3 is 1. The highest BCUT2D eigenvalue weighted by Crippen LogP contribution is 2.40. The van der Waals surface area contributed by atoms with Crippen LogP contribution >= 0.6 is 0 Å². The van der Waals surface area contributed by atoms with Crippen molar-refractivity contribution in [3.05, 3.63) is 35.4 Å². The molecule has 2 nitrogen and oxygen atoms in total. The maximum atomic E-state index is 6.00. The fourth-order valence-corrected chi connectivity index (χ4v) is 3.66. The third-order valence-electron chi connectivity index (χ3n) is 4.77. The number of aryl methyl sites for hydroxylation is 1. The van der Waals surface area contributed by atoms with E-state index >= 15 is 0 Å². The highest BCUT2D eigenvalue weighted by molar-refractivity contribution is 5.27. The molecule has 1 aromatic rings. The summed E-state index contributed by atoms with van der Waals surface area (Å²) in [7, 11) is 3.93. The van der Waals surface area contributed by atoms with Gasteiger partial charge in [-0.1, -0.05) is 56.9 Å². The summed E-state index contributed by atoms with van der Waals surface area (Å²) in [6, 6.07) is 9.40. The number of benzene rings is 1. The Balaban J connectivity index is 2.21. The van der Waals surface area contributed by atoms with Gasteiger partial charge in [-0.2, -0.15) is 0 Å². The summed E-state index contributed by atoms with van der Waals surface area (Å²) in [5.74, 6) is 0. The first-order valence-electron chi connectivity index (χ1n) is 8.07. The molecule has 2 heteroatoms. The fraction of sp³-hybridized carbons (Fsp3) is 0.667. The molecule has 1 fully saturated rings. The molecule has 0 saturated heterocycles. The molecule has 0 spiro atoms. The van der Waals surface area contributed by atoms with Gasteiger partial charge in [-0.05, 0) is 37.4 Å². The molecule has 2 rings (SSSR count). The average Bonchev–Trinajstić information content (AvgIpc) is 2.51. The van der Waals surface area contributed by atoms with Gasteiger partial charge in [0.05, 0.1) is 11.6 Å². The molecule has 20 heavy (non-hydrogen) atoms. The van der Waals surface area contributed by atoms with Crippen LogP contribution < -0.4 is 5.32 Å². The molecule has 0 amide bonds. The quantitative estimate of drug-likeness (QED) is 0.838. The SMILES string of the molecule is CCCc1ccc(C(NC)C2(OC)CCCCC2)cc1. The topological polar surface area (TPSA) is 21.3 Å². The smallest absolute Gasteiger partial charge is 0.0872 e. The number of hydrogen-bond donors (Lipinski definition) is 1. The molecule has 0 radical (unpaired) electrons. The highest BCUT2D eigenvalue weighted by Gasteiger charge is 2.40. The van der Waals surface area contributed by atoms with Gasteiger partial charge in [0.15, 0.2) is 0 Å². The van der Waals surface area contributed by atoms with Crippen LogP contribution in [0.4, 0.5) is 0 Å². The summed E-state index contributed by atoms with van der Waals surface area (Å²) in [4.78, 5) is 0. The van der Waals surface area contributed by atoms with Crippen molar-refractivity contribution in [3.63, 3.8) is 0 Å². The molecule has 1 aliphatic rings. The Hall–Kier alpha value is -0.860. The highest BCUT2D eigenvalue weighted by atomic mass is 16.5. The van der Waals surface area contributed by atoms with Crippen molar-refractivity contribution in [3.8, 4) is 0 Å². The molecular formula is C18H29NO. The molecule has 112 valence electrons. The Labute approximate surface area is 123 Å². The summed E-state index contributed by atoms with van der Waals surface area (Å²) in [5, 5.41) is 3.51. The minimum atomic E-state index is -0.0285. The lowest BCUT2D eigenvalue weighted by molar-refractivity contribution is -0.0671. The van der Waals surface area contributed by atoms with E-state index in [4.69, 9.17) is 4.74 Å². The van der Waals surface area contributed by atoms with E-state index in [0.29, 0.717) is 6.04 Å². The zero-order valence-electron chi connectivity index (χ0n) is 13.2. The molecule has 1 atom stereocenters. The van der Waals surface area contributed by atoms with Crippen LogP contribution in [0.15, 0.2) is 24.3 Å². The Morgan fingerprint density at radius 1 is 1.15 bits per heavy atom. The monoisotopic (exact) mass is 275 g/mol. The lowest BCUT2D eigenvalue weighted by Crippen LogP contribution is -2.46. The molecule has 1 aliphatic carbocycles. The van der Waals surface area contributed by atoms with Crippen LogP contribution in [0.2, 0.25) is 0 Å². The number of nitrogens with one attached hydrogen (secondary N) is 1. The minimum absolute atomic E-state index is 0.0285. The van der Waals surface area contributed by atoms with Crippen LogP contribution in [0, 0.1) is 0 Å². The van der Waals surface area contributed by atoms with E-state index in [1.54, 1.807) is 0 Å². The summed E-state index contributed by atoms with van der Waals surface area (Å²) < 4.78 is 6.00. The van der Waals surface area contributed by atoms with Crippen molar-refractivity contribution in [1.29, 1.82) is 0 Å². The van der Waals surface area contributed by atoms with E-state index in [1.807, 2.05) is 7.11 Å². The van der Waals surface area contributed by atoms with Crippen molar-refractivity contribution in [1.82, 2.24) is 5.32 Å². The van der Waals surface area contributed by atoms with Crippen molar-refractivity contribution >= 4 is 0 Å². The second-order valence-corrected chi connectivity index (χ2v) is 6.04. The van der Waals surface area contributed by atoms with Gasteiger partial charge < -0.3 is 10.1 Å². The number of ether oxygens (including phenoxy) is 1. The van der Waals surface area contributed by atoms with Gasteiger partial charge in [-0.25, -0.2) is 0 Å². The molecule has 1 unspecified atom stereocenters. The van der Waals surface area contributed by atoms with E-state index in [1.165, 1.54) is 43.2 Å². The van der Waals surface area contributed by atoms with Crippen LogP contribution in [0.25, 0.3) is 0 Å². The van der Waals surface area contributed by atoms with Gasteiger partial charge in [-0.15, -0.1) is 0 Å². The zero-order valence-corrected chi connectivity index (χ0v) is 13.2. The first-order chi connectivity index (χ1) is 9.75. The van der Waals surface area contributed by atoms with Crippen LogP contribution in [-0.2, 0) is 11.2 Å². The van der Waals surface area contributed by atoms with Crippen LogP contribution in [0.3, 0.4) is 0 Å². The third-order valence-corrected chi connectivity index (χ3v) is 4.77. The van der Waals surface area contributed by atoms with Crippen molar-refractivity contribution in [2.75, 3.05) is 14.2 Å². The lowest BCUT2D eigenvalue weighted by atomic mass is 9.76. The van der Waals surface area contributed by atoms with E-state index in [2.05, 4.69) is 43.6 Å². The summed E-state index contributed by atoms with van der Waals surface area (Å²) in [6.07, 6.45) is 8.59. The standard InChI is InChI=1S/C18H29NO/c1-4-8-15-9-11-16(12-10-15)17(19-2)18(20-3)13-6-5-7-14-18/h9-12,17,19H,4-8,13-14H2,1-3H3. The zero-order chi connectivity index (χ0) is 14.4. The molecule has 0 aromatic heterocycles. The van der Waals surface area contributed by atoms with Crippen LogP contribution in [0.1, 0.15) is 62.6 Å². The van der Waals surface area contributed by atoms with Crippen LogP contribution in [0.5, 0.6) is 0 Å². The minimum Gasteiger partial charge on any atom is -0.376 e. The predicted octanol–water partition coefficient (Wildman–Crippen LogP) is 4.25. The largest absolute Gasteiger partial charge is 0.376 e. The van der Waals surface area contributed by atoms with Crippen molar-refractivity contribution < 1.29 is 4.74 Å². The number of hydrogen-bond acceptors (Lipinski definition) is 2. The lowest BCUT2D eigenvalue weighted by Gasteiger charge is -2.42. The van der Waals surface area contributed by atoms with Gasteiger partial charge in [0.2, 0.25) is 0 Å². The van der Waals surface area contributed by atoms with Gasteiger partial charge >= 0.3 is 0 Å². The summed E-state index contributed by atoms with van der Waals surface area (Å²) in [5.41, 5.74) is 2.76. The molecule has 0 aliphatic heterocycles. The first-order valence-corrected chi connectivity index (χ1v) is 8.07. The summed E-state index contributed by atoms with van der Waals surface area (Å²) in [6.45, 7) is 2.23. The Morgan fingerprint density at radius 3 is 2.30 bits per heavy atom. The number of likely N-dealkylation sites (N-methyl/N-ethyl adjacent to an activating group) is 1. The second-order valence-electron chi connectivity index (χ2n) is 6.04. The molecule has 0 bridgehead atoms. The average molecular weight is 275 g/mol. The normalized spacial score (nSPS) is 19.8. The fourth-order valence-electron chi connectivity index (χ4n) is 3.66. The maximum absolute atomic E-state index is 6.00. The van der Waals surface area contributed by atoms with E-state index in [9.17, 15) is 0 Å². The molecular weight excluding hydrogens is 246 g/mol. The van der Waals surface area contributed by atoms with Gasteiger partial charge in [0.25, 0.3) is 0 Å². The molecule has 1 aromatic carbocycles. The van der Waals surface area contributed by atoms with Gasteiger partial charge in [-0.3, -0.25) is 0 Å². The van der Waals surface area contributed by atoms with Crippen molar-refractivity contribution in [2.24, 2.45) is 0 Å². The predicted molar refractivity (Wildman–Crippen MR) is 85.1 cm³/mol. The van der Waals surface area contributed by atoms with E-state index in [0.717, 1.165) is 12.8 Å². The molecule has 1 N–H and O–H groups in total. The van der Waals surface area contributed by atoms with E-state index < -0.39 is 0 Å². The van der Waals surface area contributed by atoms with E-state index in [-0.39, 0.29) is 5.60 Å². The van der Waals surface area contributed by atoms with Crippen molar-refractivity contribution in [2.45, 2.75) is 63.5 Å². The van der Waals surface area contributed by atoms with Crippen LogP contribution in [-0.4, -0.2) is 19.8 Å². The summed E-state index contributed by atoms with van der Waals surface area (Å²) >= 11 is 0. The third kappa shape index (κ3) is 3.24. The molecule has 0 heterocycles. The molecule has 1 saturated carbocycles. The first kappa shape index (κ1) is 15.5. The maximum Gasteiger partial charge on any atom is 0.0872 e.